The molecule has 2 rings (SSSR count). The number of nitrogens with zero attached hydrogens (tertiary/aromatic N) is 2. The topological polar surface area (TPSA) is 104 Å². The monoisotopic (exact) mass is 359 g/mol. The van der Waals surface area contributed by atoms with Gasteiger partial charge in [0.15, 0.2) is 0 Å². The fourth-order valence-electron chi connectivity index (χ4n) is 2.93. The Bertz CT molecular complexity index is 909. The molecule has 1 aromatic carbocycles. The zero-order chi connectivity index (χ0) is 19.6. The highest BCUT2D eigenvalue weighted by Gasteiger charge is 2.25. The van der Waals surface area contributed by atoms with E-state index in [9.17, 15) is 14.4 Å². The molecule has 26 heavy (non-hydrogen) atoms. The van der Waals surface area contributed by atoms with Gasteiger partial charge in [-0.25, -0.2) is 4.98 Å². The van der Waals surface area contributed by atoms with E-state index in [1.165, 1.54) is 4.57 Å². The van der Waals surface area contributed by atoms with Crippen molar-refractivity contribution in [2.24, 2.45) is 5.73 Å². The number of amides is 1. The fourth-order valence-corrected chi connectivity index (χ4v) is 2.93. The summed E-state index contributed by atoms with van der Waals surface area (Å²) in [5.74, 6) is -0.756. The number of rotatable bonds is 5. The molecule has 2 N–H and O–H groups in total. The molecule has 0 radical (unpaired) electrons. The third-order valence-electron chi connectivity index (χ3n) is 4.00. The molecule has 0 aliphatic carbocycles. The number of carbonyl (C=O) groups excluding carboxylic acids is 2. The molecule has 7 nitrogen and oxygen atoms in total. The number of hydrogen-bond acceptors (Lipinski definition) is 5. The van der Waals surface area contributed by atoms with Crippen LogP contribution < -0.4 is 11.3 Å². The van der Waals surface area contributed by atoms with Crippen molar-refractivity contribution in [3.05, 3.63) is 39.9 Å². The standard InChI is InChI=1S/C19H25N3O4/c1-11-7-6-8-13-16(11)18(25)22(12(2)21-13)14(17(20)24)9-10-15(23)26-19(3,4)5/h6-8,14H,9-10H2,1-5H3,(H2,20,24)/t14-/m0/s1. The van der Waals surface area contributed by atoms with Crippen molar-refractivity contribution >= 4 is 22.8 Å². The predicted octanol–water partition coefficient (Wildman–Crippen LogP) is 2.16. The van der Waals surface area contributed by atoms with Gasteiger partial charge in [-0.05, 0) is 52.7 Å². The molecule has 0 aliphatic rings. The van der Waals surface area contributed by atoms with E-state index in [0.717, 1.165) is 5.56 Å². The van der Waals surface area contributed by atoms with Crippen LogP contribution in [0.1, 0.15) is 51.0 Å². The lowest BCUT2D eigenvalue weighted by molar-refractivity contribution is -0.155. The van der Waals surface area contributed by atoms with Gasteiger partial charge in [0, 0.05) is 6.42 Å². The Morgan fingerprint density at radius 3 is 2.50 bits per heavy atom. The van der Waals surface area contributed by atoms with Crippen LogP contribution in [0.2, 0.25) is 0 Å². The van der Waals surface area contributed by atoms with E-state index < -0.39 is 23.5 Å². The quantitative estimate of drug-likeness (QED) is 0.824. The Morgan fingerprint density at radius 1 is 1.27 bits per heavy atom. The van der Waals surface area contributed by atoms with Crippen LogP contribution in [0.5, 0.6) is 0 Å². The van der Waals surface area contributed by atoms with E-state index >= 15 is 0 Å². The minimum atomic E-state index is -0.966. The lowest BCUT2D eigenvalue weighted by atomic mass is 10.1. The van der Waals surface area contributed by atoms with Crippen LogP contribution in [0.4, 0.5) is 0 Å². The average Bonchev–Trinajstić information content (AvgIpc) is 2.47. The first-order chi connectivity index (χ1) is 12.0. The molecular weight excluding hydrogens is 334 g/mol. The number of benzene rings is 1. The smallest absolute Gasteiger partial charge is 0.306 e. The Kier molecular flexibility index (Phi) is 5.49. The van der Waals surface area contributed by atoms with Gasteiger partial charge in [-0.3, -0.25) is 19.0 Å². The molecule has 2 aromatic rings. The van der Waals surface area contributed by atoms with Crippen molar-refractivity contribution in [2.45, 2.75) is 59.1 Å². The SMILES string of the molecule is Cc1cccc2nc(C)n([C@@H](CCC(=O)OC(C)(C)C)C(N)=O)c(=O)c12. The Morgan fingerprint density at radius 2 is 1.92 bits per heavy atom. The van der Waals surface area contributed by atoms with Crippen LogP contribution in [0.15, 0.2) is 23.0 Å². The molecule has 0 spiro atoms. The summed E-state index contributed by atoms with van der Waals surface area (Å²) < 4.78 is 6.54. The third kappa shape index (κ3) is 4.28. The maximum absolute atomic E-state index is 13.0. The summed E-state index contributed by atoms with van der Waals surface area (Å²) in [5, 5.41) is 0.446. The Hall–Kier alpha value is -2.70. The van der Waals surface area contributed by atoms with Gasteiger partial charge in [0.2, 0.25) is 5.91 Å². The molecule has 7 heteroatoms. The maximum Gasteiger partial charge on any atom is 0.306 e. The molecule has 140 valence electrons. The number of carbonyl (C=O) groups is 2. The maximum atomic E-state index is 13.0. The minimum Gasteiger partial charge on any atom is -0.460 e. The second-order valence-corrected chi connectivity index (χ2v) is 7.35. The Labute approximate surface area is 152 Å². The van der Waals surface area contributed by atoms with Gasteiger partial charge in [0.25, 0.3) is 5.56 Å². The molecule has 1 atom stereocenters. The highest BCUT2D eigenvalue weighted by atomic mass is 16.6. The van der Waals surface area contributed by atoms with Crippen molar-refractivity contribution in [2.75, 3.05) is 0 Å². The molecule has 0 saturated carbocycles. The summed E-state index contributed by atoms with van der Waals surface area (Å²) in [6.45, 7) is 8.75. The van der Waals surface area contributed by atoms with Crippen LogP contribution in [-0.2, 0) is 14.3 Å². The van der Waals surface area contributed by atoms with Crippen molar-refractivity contribution in [3.8, 4) is 0 Å². The first-order valence-corrected chi connectivity index (χ1v) is 8.51. The fraction of sp³-hybridized carbons (Fsp3) is 0.474. The van der Waals surface area contributed by atoms with Crippen LogP contribution in [0, 0.1) is 13.8 Å². The lowest BCUT2D eigenvalue weighted by Crippen LogP contribution is -2.36. The van der Waals surface area contributed by atoms with E-state index in [1.807, 2.05) is 19.1 Å². The summed E-state index contributed by atoms with van der Waals surface area (Å²) in [6.07, 6.45) is 0.0482. The highest BCUT2D eigenvalue weighted by molar-refractivity contribution is 5.83. The van der Waals surface area contributed by atoms with Crippen LogP contribution >= 0.6 is 0 Å². The average molecular weight is 359 g/mol. The van der Waals surface area contributed by atoms with Crippen LogP contribution in [0.25, 0.3) is 10.9 Å². The second-order valence-electron chi connectivity index (χ2n) is 7.35. The number of nitrogens with two attached hydrogens (primary N) is 1. The summed E-state index contributed by atoms with van der Waals surface area (Å²) in [5.41, 5.74) is 5.91. The second kappa shape index (κ2) is 7.27. The number of hydrogen-bond donors (Lipinski definition) is 1. The van der Waals surface area contributed by atoms with E-state index in [0.29, 0.717) is 16.7 Å². The zero-order valence-electron chi connectivity index (χ0n) is 15.8. The summed E-state index contributed by atoms with van der Waals surface area (Å²) in [7, 11) is 0. The summed E-state index contributed by atoms with van der Waals surface area (Å²) in [6, 6.07) is 4.42. The molecule has 0 unspecified atom stereocenters. The first-order valence-electron chi connectivity index (χ1n) is 8.51. The van der Waals surface area contributed by atoms with E-state index in [1.54, 1.807) is 33.8 Å². The van der Waals surface area contributed by atoms with Gasteiger partial charge in [0.1, 0.15) is 17.5 Å². The van der Waals surface area contributed by atoms with Crippen molar-refractivity contribution in [1.82, 2.24) is 9.55 Å². The molecule has 0 bridgehead atoms. The molecule has 1 amide bonds. The van der Waals surface area contributed by atoms with Crippen LogP contribution in [-0.4, -0.2) is 27.0 Å². The lowest BCUT2D eigenvalue weighted by Gasteiger charge is -2.22. The number of aryl methyl sites for hydroxylation is 2. The first kappa shape index (κ1) is 19.6. The molecular formula is C19H25N3O4. The number of ether oxygens (including phenoxy) is 1. The number of aromatic nitrogens is 2. The largest absolute Gasteiger partial charge is 0.460 e. The van der Waals surface area contributed by atoms with E-state index in [2.05, 4.69) is 4.98 Å². The Balaban J connectivity index is 2.42. The normalized spacial score (nSPS) is 12.8. The zero-order valence-corrected chi connectivity index (χ0v) is 15.8. The van der Waals surface area contributed by atoms with Gasteiger partial charge in [-0.1, -0.05) is 12.1 Å². The van der Waals surface area contributed by atoms with Crippen molar-refractivity contribution in [3.63, 3.8) is 0 Å². The van der Waals surface area contributed by atoms with Gasteiger partial charge >= 0.3 is 5.97 Å². The predicted molar refractivity (Wildman–Crippen MR) is 98.8 cm³/mol. The van der Waals surface area contributed by atoms with Crippen molar-refractivity contribution < 1.29 is 14.3 Å². The van der Waals surface area contributed by atoms with Crippen LogP contribution in [0.3, 0.4) is 0 Å². The number of esters is 1. The molecule has 0 fully saturated rings. The van der Waals surface area contributed by atoms with Gasteiger partial charge < -0.3 is 10.5 Å². The molecule has 1 heterocycles. The van der Waals surface area contributed by atoms with E-state index in [-0.39, 0.29) is 18.4 Å². The van der Waals surface area contributed by atoms with Gasteiger partial charge in [0.05, 0.1) is 10.9 Å². The third-order valence-corrected chi connectivity index (χ3v) is 4.00. The summed E-state index contributed by atoms with van der Waals surface area (Å²) >= 11 is 0. The highest BCUT2D eigenvalue weighted by Crippen LogP contribution is 2.19. The minimum absolute atomic E-state index is 0.0252. The molecule has 0 aliphatic heterocycles. The molecule has 1 aromatic heterocycles. The molecule has 0 saturated heterocycles. The summed E-state index contributed by atoms with van der Waals surface area (Å²) in [4.78, 5) is 41.4. The number of primary amides is 1. The van der Waals surface area contributed by atoms with Gasteiger partial charge in [-0.2, -0.15) is 0 Å². The van der Waals surface area contributed by atoms with Crippen molar-refractivity contribution in [1.29, 1.82) is 0 Å². The number of fused-ring (bicyclic) bond motifs is 1. The van der Waals surface area contributed by atoms with E-state index in [4.69, 9.17) is 10.5 Å². The van der Waals surface area contributed by atoms with Gasteiger partial charge in [-0.15, -0.1) is 0 Å².